The number of carbonyl (C=O) groups is 2. The maximum Gasteiger partial charge on any atom is 0.303 e. The normalized spacial score (nSPS) is 51.9. The van der Waals surface area contributed by atoms with Gasteiger partial charge in [-0.3, -0.25) is 9.59 Å². The number of aliphatic carboxylic acids is 1. The third-order valence-electron chi connectivity index (χ3n) is 20.2. The minimum absolute atomic E-state index is 0.128. The van der Waals surface area contributed by atoms with Crippen LogP contribution in [0, 0.1) is 92.7 Å². The van der Waals surface area contributed by atoms with E-state index in [2.05, 4.69) is 48.5 Å². The molecule has 0 bridgehead atoms. The molecule has 0 amide bonds. The van der Waals surface area contributed by atoms with Crippen LogP contribution >= 0.6 is 0 Å². The van der Waals surface area contributed by atoms with E-state index in [0.717, 1.165) is 69.1 Å². The third-order valence-corrected chi connectivity index (χ3v) is 20.2. The molecule has 54 heavy (non-hydrogen) atoms. The highest BCUT2D eigenvalue weighted by Gasteiger charge is 2.64. The van der Waals surface area contributed by atoms with E-state index in [9.17, 15) is 24.9 Å². The van der Waals surface area contributed by atoms with Crippen LogP contribution in [0.1, 0.15) is 177 Å². The lowest BCUT2D eigenvalue weighted by Gasteiger charge is -2.62. The Morgan fingerprint density at radius 3 is 1.67 bits per heavy atom. The zero-order valence-corrected chi connectivity index (χ0v) is 35.4. The van der Waals surface area contributed by atoms with Gasteiger partial charge in [-0.15, -0.1) is 0 Å². The van der Waals surface area contributed by atoms with Crippen LogP contribution in [-0.2, 0) is 9.59 Å². The number of fused-ring (bicyclic) bond motifs is 10. The van der Waals surface area contributed by atoms with E-state index >= 15 is 0 Å². The van der Waals surface area contributed by atoms with Crippen LogP contribution < -0.4 is 0 Å². The fourth-order valence-corrected chi connectivity index (χ4v) is 17.4. The molecule has 0 heterocycles. The van der Waals surface area contributed by atoms with Crippen molar-refractivity contribution in [3.8, 4) is 0 Å². The van der Waals surface area contributed by atoms with Crippen LogP contribution in [0.4, 0.5) is 0 Å². The first-order chi connectivity index (χ1) is 25.5. The van der Waals surface area contributed by atoms with E-state index in [1.807, 2.05) is 0 Å². The van der Waals surface area contributed by atoms with Crippen LogP contribution in [0.5, 0.6) is 0 Å². The molecule has 4 N–H and O–H groups in total. The molecule has 0 spiro atoms. The molecule has 8 aliphatic rings. The first kappa shape index (κ1) is 41.2. The van der Waals surface area contributed by atoms with Gasteiger partial charge >= 0.3 is 5.97 Å². The zero-order valence-electron chi connectivity index (χ0n) is 35.4. The van der Waals surface area contributed by atoms with E-state index in [1.54, 1.807) is 0 Å². The molecule has 6 nitrogen and oxygen atoms in total. The Hall–Kier alpha value is -0.980. The van der Waals surface area contributed by atoms with Crippen molar-refractivity contribution in [1.82, 2.24) is 0 Å². The first-order valence-corrected chi connectivity index (χ1v) is 23.3. The fourth-order valence-electron chi connectivity index (χ4n) is 17.4. The van der Waals surface area contributed by atoms with Crippen molar-refractivity contribution in [2.24, 2.45) is 92.7 Å². The molecule has 308 valence electrons. The number of carboxylic acids is 1. The van der Waals surface area contributed by atoms with Crippen LogP contribution in [0.15, 0.2) is 0 Å². The molecule has 19 atom stereocenters. The molecule has 0 aromatic rings. The van der Waals surface area contributed by atoms with Gasteiger partial charge in [0.2, 0.25) is 0 Å². The number of aliphatic hydroxyl groups excluding tert-OH is 3. The van der Waals surface area contributed by atoms with Gasteiger partial charge in [0.1, 0.15) is 5.78 Å². The summed E-state index contributed by atoms with van der Waals surface area (Å²) in [6.07, 6.45) is 20.5. The van der Waals surface area contributed by atoms with Crippen molar-refractivity contribution >= 4 is 11.8 Å². The first-order valence-electron chi connectivity index (χ1n) is 23.3. The van der Waals surface area contributed by atoms with E-state index in [0.29, 0.717) is 76.3 Å². The Morgan fingerprint density at radius 1 is 0.648 bits per heavy atom. The van der Waals surface area contributed by atoms with Crippen LogP contribution in [0.2, 0.25) is 0 Å². The van der Waals surface area contributed by atoms with Crippen LogP contribution in [0.3, 0.4) is 0 Å². The Balaban J connectivity index is 0.000000167. The average Bonchev–Trinajstić information content (AvgIpc) is 3.66. The average molecular weight is 753 g/mol. The Labute approximate surface area is 328 Å². The Kier molecular flexibility index (Phi) is 11.7. The second-order valence-corrected chi connectivity index (χ2v) is 22.4. The van der Waals surface area contributed by atoms with Gasteiger partial charge in [0.25, 0.3) is 0 Å². The fraction of sp³-hybridized carbons (Fsp3) is 0.958. The molecular weight excluding hydrogens is 673 g/mol. The Bertz CT molecular complexity index is 1360. The van der Waals surface area contributed by atoms with Gasteiger partial charge < -0.3 is 20.4 Å². The van der Waals surface area contributed by atoms with E-state index in [1.165, 1.54) is 64.2 Å². The third kappa shape index (κ3) is 6.80. The lowest BCUT2D eigenvalue weighted by Crippen LogP contribution is -2.58. The second kappa shape index (κ2) is 15.3. The summed E-state index contributed by atoms with van der Waals surface area (Å²) < 4.78 is 0. The van der Waals surface area contributed by atoms with Crippen molar-refractivity contribution in [1.29, 1.82) is 0 Å². The summed E-state index contributed by atoms with van der Waals surface area (Å²) in [7, 11) is 0. The van der Waals surface area contributed by atoms with Crippen LogP contribution in [-0.4, -0.2) is 50.5 Å². The van der Waals surface area contributed by atoms with Gasteiger partial charge in [-0.05, 0) is 189 Å². The highest BCUT2D eigenvalue weighted by atomic mass is 16.4. The second-order valence-electron chi connectivity index (χ2n) is 22.4. The number of Topliss-reactive ketones (excluding diaryl/α,β-unsaturated/α-hetero) is 1. The molecular formula is C48H80O6. The number of carbonyl (C=O) groups excluding carboxylic acids is 1. The molecule has 0 saturated heterocycles. The molecule has 8 aliphatic carbocycles. The van der Waals surface area contributed by atoms with Crippen LogP contribution in [0.25, 0.3) is 0 Å². The van der Waals surface area contributed by atoms with Crippen molar-refractivity contribution in [2.75, 3.05) is 0 Å². The van der Waals surface area contributed by atoms with Gasteiger partial charge in [0.05, 0.1) is 18.3 Å². The molecule has 0 radical (unpaired) electrons. The molecule has 6 unspecified atom stereocenters. The summed E-state index contributed by atoms with van der Waals surface area (Å²) in [6, 6.07) is 0. The lowest BCUT2D eigenvalue weighted by molar-refractivity contribution is -0.174. The number of carboxylic acid groups (broad SMARTS) is 1. The molecule has 8 rings (SSSR count). The predicted octanol–water partition coefficient (Wildman–Crippen LogP) is 10.1. The highest BCUT2D eigenvalue weighted by Crippen LogP contribution is 2.70. The van der Waals surface area contributed by atoms with Gasteiger partial charge in [0, 0.05) is 19.3 Å². The van der Waals surface area contributed by atoms with Gasteiger partial charge in [-0.1, -0.05) is 61.3 Å². The summed E-state index contributed by atoms with van der Waals surface area (Å²) in [4.78, 5) is 23.1. The van der Waals surface area contributed by atoms with E-state index in [-0.39, 0.29) is 35.6 Å². The van der Waals surface area contributed by atoms with Crippen molar-refractivity contribution < 1.29 is 30.0 Å². The smallest absolute Gasteiger partial charge is 0.303 e. The van der Waals surface area contributed by atoms with E-state index in [4.69, 9.17) is 5.11 Å². The summed E-state index contributed by atoms with van der Waals surface area (Å²) in [6.45, 7) is 17.0. The summed E-state index contributed by atoms with van der Waals surface area (Å²) in [5.74, 6) is 6.67. The van der Waals surface area contributed by atoms with Gasteiger partial charge in [-0.2, -0.15) is 0 Å². The summed E-state index contributed by atoms with van der Waals surface area (Å²) >= 11 is 0. The van der Waals surface area contributed by atoms with Gasteiger partial charge in [-0.25, -0.2) is 0 Å². The van der Waals surface area contributed by atoms with Gasteiger partial charge in [0.15, 0.2) is 0 Å². The summed E-state index contributed by atoms with van der Waals surface area (Å²) in [5.41, 5.74) is 1.26. The molecule has 6 heteroatoms. The standard InChI is InChI=1S/C24H38O4.C24H42O2/c1-14(4-7-21(27)28)17-5-6-18-22-19(9-11-24(17,18)3)23(2)10-8-16(25)12-15(23)13-20(22)26;1-5-6-15(2)18-7-8-19-22-20(10-12-24(18,19)4)23(3)11-9-17(25)13-16(23)14-21(22)26/h14-15,17-20,22,26H,4-13H2,1-3H3,(H,27,28);15-22,25-26H,5-14H2,1-4H3/t14-,15+,17-,18?,19?,20?,22+,23+,24-;15-,16+,17-,18-,19?,20?,21?,22+,23+,24-/m11/s1. The van der Waals surface area contributed by atoms with Crippen molar-refractivity contribution in [2.45, 2.75) is 195 Å². The molecule has 0 aromatic carbocycles. The SMILES string of the molecule is CCC[C@@H](C)[C@H]1CCC2[C@@H]3C(O)C[C@@H]4C[C@H](O)CC[C@]4(C)C3CC[C@@]21C.C[C@H](CCC(=O)O)[C@H]1CCC2[C@@H]3C(O)C[C@@H]4CC(=O)CC[C@]4(C)C3CC[C@@]21C. The minimum Gasteiger partial charge on any atom is -0.481 e. The molecule has 8 fully saturated rings. The predicted molar refractivity (Wildman–Crippen MR) is 214 cm³/mol. The Morgan fingerprint density at radius 2 is 1.13 bits per heavy atom. The van der Waals surface area contributed by atoms with E-state index < -0.39 is 5.97 Å². The number of ketones is 1. The maximum atomic E-state index is 12.1. The zero-order chi connectivity index (χ0) is 39.0. The monoisotopic (exact) mass is 753 g/mol. The number of rotatable bonds is 7. The van der Waals surface area contributed by atoms with Crippen molar-refractivity contribution in [3.05, 3.63) is 0 Å². The highest BCUT2D eigenvalue weighted by molar-refractivity contribution is 5.79. The quantitative estimate of drug-likeness (QED) is 0.206. The van der Waals surface area contributed by atoms with Crippen molar-refractivity contribution in [3.63, 3.8) is 0 Å². The number of hydrogen-bond acceptors (Lipinski definition) is 5. The molecule has 0 aliphatic heterocycles. The maximum absolute atomic E-state index is 12.1. The number of hydrogen-bond donors (Lipinski definition) is 4. The minimum atomic E-state index is -0.691. The molecule has 8 saturated carbocycles. The lowest BCUT2D eigenvalue weighted by atomic mass is 9.43. The molecule has 0 aromatic heterocycles. The topological polar surface area (TPSA) is 115 Å². The number of aliphatic hydroxyl groups is 3. The summed E-state index contributed by atoms with van der Waals surface area (Å²) in [5, 5.41) is 41.8. The largest absolute Gasteiger partial charge is 0.481 e.